The van der Waals surface area contributed by atoms with Gasteiger partial charge in [0, 0.05) is 25.2 Å². The zero-order chi connectivity index (χ0) is 13.6. The Hall–Kier alpha value is -1.05. The molecular formula is C12H14F2N2O2S. The third kappa shape index (κ3) is 2.15. The molecule has 2 fully saturated rings. The van der Waals surface area contributed by atoms with E-state index in [1.165, 1.54) is 4.31 Å². The summed E-state index contributed by atoms with van der Waals surface area (Å²) in [5, 5.41) is 3.15. The quantitative estimate of drug-likeness (QED) is 0.881. The zero-order valence-corrected chi connectivity index (χ0v) is 11.0. The lowest BCUT2D eigenvalue weighted by molar-refractivity contribution is 0.382. The number of hydrogen-bond acceptors (Lipinski definition) is 3. The van der Waals surface area contributed by atoms with E-state index in [1.807, 2.05) is 0 Å². The van der Waals surface area contributed by atoms with Crippen molar-refractivity contribution in [2.45, 2.75) is 17.4 Å². The third-order valence-electron chi connectivity index (χ3n) is 3.84. The Morgan fingerprint density at radius 3 is 2.53 bits per heavy atom. The van der Waals surface area contributed by atoms with Gasteiger partial charge in [-0.25, -0.2) is 17.2 Å². The van der Waals surface area contributed by atoms with Crippen LogP contribution in [0.15, 0.2) is 23.1 Å². The Kier molecular flexibility index (Phi) is 3.07. The summed E-state index contributed by atoms with van der Waals surface area (Å²) in [4.78, 5) is -0.308. The minimum atomic E-state index is -3.82. The lowest BCUT2D eigenvalue weighted by Crippen LogP contribution is -2.39. The molecule has 2 heterocycles. The highest BCUT2D eigenvalue weighted by Crippen LogP contribution is 2.32. The van der Waals surface area contributed by atoms with Gasteiger partial charge in [0.15, 0.2) is 0 Å². The molecule has 1 aromatic rings. The molecule has 7 heteroatoms. The van der Waals surface area contributed by atoms with Crippen LogP contribution >= 0.6 is 0 Å². The van der Waals surface area contributed by atoms with Crippen molar-refractivity contribution in [2.24, 2.45) is 5.92 Å². The van der Waals surface area contributed by atoms with Crippen molar-refractivity contribution in [3.63, 3.8) is 0 Å². The molecule has 0 saturated carbocycles. The number of sulfonamides is 1. The highest BCUT2D eigenvalue weighted by Gasteiger charge is 2.43. The first-order valence-corrected chi connectivity index (χ1v) is 7.61. The van der Waals surface area contributed by atoms with Gasteiger partial charge in [-0.15, -0.1) is 0 Å². The maximum atomic E-state index is 13.2. The molecule has 2 saturated heterocycles. The van der Waals surface area contributed by atoms with Gasteiger partial charge in [-0.05, 0) is 31.0 Å². The summed E-state index contributed by atoms with van der Waals surface area (Å²) in [6.07, 6.45) is 0.786. The average molecular weight is 288 g/mol. The molecule has 0 unspecified atom stereocenters. The standard InChI is InChI=1S/C12H14F2N2O2S/c13-9-3-10(14)5-11(4-9)19(17,18)16-2-1-8-6-15-7-12(8)16/h3-5,8,12,15H,1-2,6-7H2/t8-,12+/m0/s1. The van der Waals surface area contributed by atoms with Crippen molar-refractivity contribution in [3.8, 4) is 0 Å². The van der Waals surface area contributed by atoms with Gasteiger partial charge >= 0.3 is 0 Å². The van der Waals surface area contributed by atoms with Crippen LogP contribution in [0.3, 0.4) is 0 Å². The number of nitrogens with one attached hydrogen (secondary N) is 1. The smallest absolute Gasteiger partial charge is 0.243 e. The van der Waals surface area contributed by atoms with Crippen molar-refractivity contribution in [3.05, 3.63) is 29.8 Å². The molecule has 3 rings (SSSR count). The van der Waals surface area contributed by atoms with Gasteiger partial charge in [0.05, 0.1) is 4.90 Å². The molecule has 104 valence electrons. The van der Waals surface area contributed by atoms with Crippen LogP contribution < -0.4 is 5.32 Å². The van der Waals surface area contributed by atoms with Crippen LogP contribution in [0.1, 0.15) is 6.42 Å². The fraction of sp³-hybridized carbons (Fsp3) is 0.500. The highest BCUT2D eigenvalue weighted by molar-refractivity contribution is 7.89. The van der Waals surface area contributed by atoms with E-state index in [-0.39, 0.29) is 10.9 Å². The summed E-state index contributed by atoms with van der Waals surface area (Å²) in [5.41, 5.74) is 0. The molecule has 0 radical (unpaired) electrons. The molecule has 1 aromatic carbocycles. The summed E-state index contributed by atoms with van der Waals surface area (Å²) in [6.45, 7) is 1.81. The van der Waals surface area contributed by atoms with E-state index in [2.05, 4.69) is 5.32 Å². The molecule has 2 atom stereocenters. The van der Waals surface area contributed by atoms with Crippen molar-refractivity contribution in [2.75, 3.05) is 19.6 Å². The summed E-state index contributed by atoms with van der Waals surface area (Å²) < 4.78 is 52.6. The average Bonchev–Trinajstić information content (AvgIpc) is 2.88. The number of rotatable bonds is 2. The van der Waals surface area contributed by atoms with Crippen molar-refractivity contribution in [1.29, 1.82) is 0 Å². The highest BCUT2D eigenvalue weighted by atomic mass is 32.2. The minimum Gasteiger partial charge on any atom is -0.315 e. The topological polar surface area (TPSA) is 49.4 Å². The van der Waals surface area contributed by atoms with Gasteiger partial charge in [-0.1, -0.05) is 0 Å². The SMILES string of the molecule is O=S(=O)(c1cc(F)cc(F)c1)N1CC[C@H]2CNC[C@H]21. The normalized spacial score (nSPS) is 27.7. The van der Waals surface area contributed by atoms with E-state index in [9.17, 15) is 17.2 Å². The number of nitrogens with zero attached hydrogens (tertiary/aromatic N) is 1. The predicted octanol–water partition coefficient (Wildman–Crippen LogP) is 0.947. The summed E-state index contributed by atoms with van der Waals surface area (Å²) in [6, 6.07) is 2.31. The predicted molar refractivity (Wildman–Crippen MR) is 65.0 cm³/mol. The van der Waals surface area contributed by atoms with Crippen molar-refractivity contribution >= 4 is 10.0 Å². The molecule has 19 heavy (non-hydrogen) atoms. The van der Waals surface area contributed by atoms with Crippen LogP contribution in [0.5, 0.6) is 0 Å². The number of halogens is 2. The Morgan fingerprint density at radius 1 is 1.16 bits per heavy atom. The monoisotopic (exact) mass is 288 g/mol. The van der Waals surface area contributed by atoms with Crippen LogP contribution in [-0.2, 0) is 10.0 Å². The first-order valence-electron chi connectivity index (χ1n) is 6.17. The molecule has 0 aliphatic carbocycles. The van der Waals surface area contributed by atoms with E-state index in [4.69, 9.17) is 0 Å². The van der Waals surface area contributed by atoms with Gasteiger partial charge in [-0.3, -0.25) is 0 Å². The molecule has 0 amide bonds. The van der Waals surface area contributed by atoms with Gasteiger partial charge in [0.25, 0.3) is 0 Å². The Morgan fingerprint density at radius 2 is 1.84 bits per heavy atom. The van der Waals surface area contributed by atoms with Gasteiger partial charge < -0.3 is 5.32 Å². The Labute approximate surface area is 110 Å². The van der Waals surface area contributed by atoms with E-state index in [0.717, 1.165) is 25.1 Å². The summed E-state index contributed by atoms with van der Waals surface area (Å²) >= 11 is 0. The second-order valence-electron chi connectivity index (χ2n) is 5.00. The lowest BCUT2D eigenvalue weighted by Gasteiger charge is -2.22. The molecule has 4 nitrogen and oxygen atoms in total. The number of benzene rings is 1. The van der Waals surface area contributed by atoms with Crippen LogP contribution in [0, 0.1) is 17.6 Å². The van der Waals surface area contributed by atoms with E-state index in [0.29, 0.717) is 25.1 Å². The first kappa shape index (κ1) is 13.0. The third-order valence-corrected chi connectivity index (χ3v) is 5.74. The van der Waals surface area contributed by atoms with E-state index < -0.39 is 21.7 Å². The minimum absolute atomic E-state index is 0.101. The van der Waals surface area contributed by atoms with Crippen LogP contribution in [0.2, 0.25) is 0 Å². The Bertz CT molecular complexity index is 585. The molecule has 1 N–H and O–H groups in total. The van der Waals surface area contributed by atoms with E-state index >= 15 is 0 Å². The maximum absolute atomic E-state index is 13.2. The summed E-state index contributed by atoms with van der Waals surface area (Å²) in [5.74, 6) is -1.45. The number of hydrogen-bond donors (Lipinski definition) is 1. The van der Waals surface area contributed by atoms with Gasteiger partial charge in [-0.2, -0.15) is 4.31 Å². The van der Waals surface area contributed by atoms with Crippen LogP contribution in [-0.4, -0.2) is 38.4 Å². The lowest BCUT2D eigenvalue weighted by atomic mass is 10.1. The fourth-order valence-corrected chi connectivity index (χ4v) is 4.66. The molecule has 0 bridgehead atoms. The second kappa shape index (κ2) is 4.50. The molecule has 0 aromatic heterocycles. The zero-order valence-electron chi connectivity index (χ0n) is 10.1. The molecule has 2 aliphatic heterocycles. The number of fused-ring (bicyclic) bond motifs is 1. The van der Waals surface area contributed by atoms with Crippen LogP contribution in [0.4, 0.5) is 8.78 Å². The van der Waals surface area contributed by atoms with E-state index in [1.54, 1.807) is 0 Å². The maximum Gasteiger partial charge on any atom is 0.243 e. The van der Waals surface area contributed by atoms with Gasteiger partial charge in [0.2, 0.25) is 10.0 Å². The van der Waals surface area contributed by atoms with Crippen molar-refractivity contribution < 1.29 is 17.2 Å². The fourth-order valence-electron chi connectivity index (χ4n) is 2.92. The Balaban J connectivity index is 1.98. The van der Waals surface area contributed by atoms with Crippen LogP contribution in [0.25, 0.3) is 0 Å². The first-order chi connectivity index (χ1) is 8.98. The molecule has 0 spiro atoms. The van der Waals surface area contributed by atoms with Gasteiger partial charge in [0.1, 0.15) is 11.6 Å². The largest absolute Gasteiger partial charge is 0.315 e. The van der Waals surface area contributed by atoms with Crippen molar-refractivity contribution in [1.82, 2.24) is 9.62 Å². The molecule has 2 aliphatic rings. The molecular weight excluding hydrogens is 274 g/mol. The second-order valence-corrected chi connectivity index (χ2v) is 6.89. The summed E-state index contributed by atoms with van der Waals surface area (Å²) in [7, 11) is -3.82.